The van der Waals surface area contributed by atoms with E-state index in [1.807, 2.05) is 30.3 Å². The minimum Gasteiger partial charge on any atom is -0.271 e. The van der Waals surface area contributed by atoms with Gasteiger partial charge in [0.2, 0.25) is 0 Å². The highest BCUT2D eigenvalue weighted by atomic mass is 35.5. The molecule has 0 spiro atoms. The summed E-state index contributed by atoms with van der Waals surface area (Å²) in [5.41, 5.74) is 4.36. The number of nitro groups is 2. The van der Waals surface area contributed by atoms with Gasteiger partial charge in [-0.2, -0.15) is 5.10 Å². The van der Waals surface area contributed by atoms with E-state index in [-0.39, 0.29) is 11.4 Å². The van der Waals surface area contributed by atoms with Gasteiger partial charge in [-0.25, -0.2) is 0 Å². The van der Waals surface area contributed by atoms with E-state index in [0.717, 1.165) is 17.2 Å². The molecule has 0 saturated carbocycles. The number of hydrogen-bond acceptors (Lipinski definition) is 6. The number of nitrogens with one attached hydrogen (secondary N) is 1. The van der Waals surface area contributed by atoms with Crippen molar-refractivity contribution in [3.8, 4) is 0 Å². The highest BCUT2D eigenvalue weighted by Crippen LogP contribution is 2.29. The second-order valence-corrected chi connectivity index (χ2v) is 6.49. The van der Waals surface area contributed by atoms with E-state index in [1.54, 1.807) is 24.3 Å². The summed E-state index contributed by atoms with van der Waals surface area (Å²) in [6, 6.07) is 20.0. The van der Waals surface area contributed by atoms with Crippen LogP contribution in [-0.2, 0) is 6.42 Å². The van der Waals surface area contributed by atoms with Gasteiger partial charge in [-0.15, -0.1) is 0 Å². The average Bonchev–Trinajstić information content (AvgIpc) is 2.72. The molecule has 0 radical (unpaired) electrons. The van der Waals surface area contributed by atoms with Gasteiger partial charge in [0, 0.05) is 17.5 Å². The summed E-state index contributed by atoms with van der Waals surface area (Å²) in [5, 5.41) is 27.1. The molecular formula is C20H15ClN4O4. The Morgan fingerprint density at radius 2 is 1.62 bits per heavy atom. The van der Waals surface area contributed by atoms with Crippen LogP contribution in [0.15, 0.2) is 77.9 Å². The van der Waals surface area contributed by atoms with Gasteiger partial charge in [0.05, 0.1) is 21.6 Å². The fourth-order valence-electron chi connectivity index (χ4n) is 2.64. The standard InChI is InChI=1S/C20H15ClN4O4/c21-16-8-6-15(7-9-16)19(12-14-4-2-1-3-5-14)23-22-18-11-10-17(24(26)27)13-20(18)25(28)29/h1-11,13,22H,12H2/b23-19+. The number of rotatable bonds is 7. The fraction of sp³-hybridized carbons (Fsp3) is 0.0500. The van der Waals surface area contributed by atoms with E-state index in [9.17, 15) is 20.2 Å². The van der Waals surface area contributed by atoms with Crippen molar-refractivity contribution in [3.05, 3.63) is 109 Å². The Morgan fingerprint density at radius 1 is 0.931 bits per heavy atom. The van der Waals surface area contributed by atoms with Crippen LogP contribution < -0.4 is 5.43 Å². The van der Waals surface area contributed by atoms with Gasteiger partial charge in [-0.3, -0.25) is 25.7 Å². The first kappa shape index (κ1) is 20.0. The number of hydrazone groups is 1. The number of hydrogen-bond donors (Lipinski definition) is 1. The average molecular weight is 411 g/mol. The van der Waals surface area contributed by atoms with Crippen molar-refractivity contribution < 1.29 is 9.85 Å². The van der Waals surface area contributed by atoms with Crippen LogP contribution in [0.4, 0.5) is 17.1 Å². The van der Waals surface area contributed by atoms with E-state index < -0.39 is 15.5 Å². The Labute approximate surface area is 170 Å². The van der Waals surface area contributed by atoms with Gasteiger partial charge in [-0.05, 0) is 29.3 Å². The molecule has 1 N–H and O–H groups in total. The third-order valence-electron chi connectivity index (χ3n) is 4.09. The van der Waals surface area contributed by atoms with E-state index in [4.69, 9.17) is 11.6 Å². The van der Waals surface area contributed by atoms with Crippen molar-refractivity contribution in [2.75, 3.05) is 5.43 Å². The van der Waals surface area contributed by atoms with Crippen LogP contribution >= 0.6 is 11.6 Å². The summed E-state index contributed by atoms with van der Waals surface area (Å²) in [5.74, 6) is 0. The first-order valence-electron chi connectivity index (χ1n) is 8.49. The Kier molecular flexibility index (Phi) is 6.16. The third kappa shape index (κ3) is 5.14. The summed E-state index contributed by atoms with van der Waals surface area (Å²) >= 11 is 5.96. The molecule has 0 heterocycles. The van der Waals surface area contributed by atoms with Gasteiger partial charge in [0.1, 0.15) is 5.69 Å². The quantitative estimate of drug-likeness (QED) is 0.326. The molecule has 0 aliphatic carbocycles. The molecule has 3 rings (SSSR count). The highest BCUT2D eigenvalue weighted by molar-refractivity contribution is 6.30. The molecule has 9 heteroatoms. The molecule has 0 aliphatic heterocycles. The van der Waals surface area contributed by atoms with E-state index in [1.165, 1.54) is 12.1 Å². The number of anilines is 1. The molecule has 0 amide bonds. The van der Waals surface area contributed by atoms with Gasteiger partial charge in [-0.1, -0.05) is 54.1 Å². The van der Waals surface area contributed by atoms with E-state index in [2.05, 4.69) is 10.5 Å². The van der Waals surface area contributed by atoms with E-state index in [0.29, 0.717) is 17.2 Å². The van der Waals surface area contributed by atoms with Crippen LogP contribution in [-0.4, -0.2) is 15.6 Å². The fourth-order valence-corrected chi connectivity index (χ4v) is 2.77. The van der Waals surface area contributed by atoms with Gasteiger partial charge >= 0.3 is 5.69 Å². The largest absolute Gasteiger partial charge is 0.301 e. The molecule has 0 atom stereocenters. The molecule has 0 aromatic heterocycles. The maximum Gasteiger partial charge on any atom is 0.301 e. The number of halogens is 1. The second kappa shape index (κ2) is 8.94. The van der Waals surface area contributed by atoms with Gasteiger partial charge < -0.3 is 0 Å². The monoisotopic (exact) mass is 410 g/mol. The maximum atomic E-state index is 11.3. The zero-order valence-corrected chi connectivity index (χ0v) is 15.7. The molecule has 3 aromatic rings. The summed E-state index contributed by atoms with van der Waals surface area (Å²) in [6.07, 6.45) is 0.469. The van der Waals surface area contributed by atoms with Crippen LogP contribution in [0.5, 0.6) is 0 Å². The number of nitro benzene ring substituents is 2. The molecule has 0 fully saturated rings. The first-order chi connectivity index (χ1) is 13.9. The lowest BCUT2D eigenvalue weighted by Crippen LogP contribution is -2.09. The number of benzene rings is 3. The van der Waals surface area contributed by atoms with Crippen molar-refractivity contribution in [3.63, 3.8) is 0 Å². The topological polar surface area (TPSA) is 111 Å². The van der Waals surface area contributed by atoms with Crippen LogP contribution in [0.1, 0.15) is 11.1 Å². The lowest BCUT2D eigenvalue weighted by atomic mass is 10.0. The highest BCUT2D eigenvalue weighted by Gasteiger charge is 2.19. The maximum absolute atomic E-state index is 11.3. The second-order valence-electron chi connectivity index (χ2n) is 6.06. The van der Waals surface area contributed by atoms with Crippen molar-refractivity contribution >= 4 is 34.4 Å². The third-order valence-corrected chi connectivity index (χ3v) is 4.34. The Morgan fingerprint density at radius 3 is 2.24 bits per heavy atom. The molecule has 0 saturated heterocycles. The molecule has 3 aromatic carbocycles. The Bertz CT molecular complexity index is 1070. The van der Waals surface area contributed by atoms with Gasteiger partial charge in [0.15, 0.2) is 0 Å². The van der Waals surface area contributed by atoms with Crippen molar-refractivity contribution in [2.24, 2.45) is 5.10 Å². The Hall–Kier alpha value is -3.78. The minimum absolute atomic E-state index is 0.0557. The molecule has 29 heavy (non-hydrogen) atoms. The predicted molar refractivity (Wildman–Crippen MR) is 112 cm³/mol. The lowest BCUT2D eigenvalue weighted by Gasteiger charge is -2.09. The van der Waals surface area contributed by atoms with Crippen LogP contribution in [0.2, 0.25) is 5.02 Å². The summed E-state index contributed by atoms with van der Waals surface area (Å²) in [6.45, 7) is 0. The molecule has 8 nitrogen and oxygen atoms in total. The first-order valence-corrected chi connectivity index (χ1v) is 8.87. The zero-order chi connectivity index (χ0) is 20.8. The van der Waals surface area contributed by atoms with E-state index >= 15 is 0 Å². The normalized spacial score (nSPS) is 11.1. The van der Waals surface area contributed by atoms with Gasteiger partial charge in [0.25, 0.3) is 5.69 Å². The van der Waals surface area contributed by atoms with Crippen LogP contribution in [0.25, 0.3) is 0 Å². The lowest BCUT2D eigenvalue weighted by molar-refractivity contribution is -0.393. The number of non-ortho nitro benzene ring substituents is 1. The molecule has 0 aliphatic rings. The zero-order valence-electron chi connectivity index (χ0n) is 15.0. The SMILES string of the molecule is O=[N+]([O-])c1ccc(N/N=C(\Cc2ccccc2)c2ccc(Cl)cc2)c([N+](=O)[O-])c1. The summed E-state index contributed by atoms with van der Waals surface area (Å²) in [7, 11) is 0. The van der Waals surface area contributed by atoms with Crippen LogP contribution in [0.3, 0.4) is 0 Å². The molecule has 146 valence electrons. The van der Waals surface area contributed by atoms with Crippen molar-refractivity contribution in [1.29, 1.82) is 0 Å². The van der Waals surface area contributed by atoms with Crippen LogP contribution in [0, 0.1) is 20.2 Å². The molecular weight excluding hydrogens is 396 g/mol. The summed E-state index contributed by atoms with van der Waals surface area (Å²) in [4.78, 5) is 20.8. The molecule has 0 unspecified atom stereocenters. The summed E-state index contributed by atoms with van der Waals surface area (Å²) < 4.78 is 0. The predicted octanol–water partition coefficient (Wildman–Crippen LogP) is 5.22. The molecule has 0 bridgehead atoms. The number of nitrogens with zero attached hydrogens (tertiary/aromatic N) is 3. The van der Waals surface area contributed by atoms with Crippen molar-refractivity contribution in [1.82, 2.24) is 0 Å². The van der Waals surface area contributed by atoms with Crippen molar-refractivity contribution in [2.45, 2.75) is 6.42 Å². The minimum atomic E-state index is -0.690. The smallest absolute Gasteiger partial charge is 0.271 e. The Balaban J connectivity index is 1.97.